The van der Waals surface area contributed by atoms with Crippen LogP contribution in [0.4, 0.5) is 0 Å². The predicted molar refractivity (Wildman–Crippen MR) is 97.9 cm³/mol. The second-order valence-corrected chi connectivity index (χ2v) is 6.79. The van der Waals surface area contributed by atoms with Gasteiger partial charge >= 0.3 is 0 Å². The molecular formula is C18H26ClN3O3. The van der Waals surface area contributed by atoms with Crippen molar-refractivity contribution in [2.24, 2.45) is 0 Å². The van der Waals surface area contributed by atoms with Crippen LogP contribution in [0, 0.1) is 0 Å². The molecule has 25 heavy (non-hydrogen) atoms. The lowest BCUT2D eigenvalue weighted by Gasteiger charge is -2.35. The van der Waals surface area contributed by atoms with Crippen LogP contribution in [0.2, 0.25) is 5.02 Å². The molecule has 0 radical (unpaired) electrons. The van der Waals surface area contributed by atoms with Crippen molar-refractivity contribution in [3.05, 3.63) is 29.3 Å². The Balaban J connectivity index is 1.65. The monoisotopic (exact) mass is 367 g/mol. The van der Waals surface area contributed by atoms with Gasteiger partial charge in [0.05, 0.1) is 18.2 Å². The molecule has 1 aliphatic heterocycles. The van der Waals surface area contributed by atoms with Crippen LogP contribution in [-0.2, 0) is 9.59 Å². The van der Waals surface area contributed by atoms with Gasteiger partial charge in [-0.15, -0.1) is 0 Å². The number of hydrogen-bond donors (Lipinski definition) is 0. The third-order valence-corrected chi connectivity index (χ3v) is 4.38. The van der Waals surface area contributed by atoms with E-state index >= 15 is 0 Å². The van der Waals surface area contributed by atoms with Crippen molar-refractivity contribution in [3.63, 3.8) is 0 Å². The highest BCUT2D eigenvalue weighted by Gasteiger charge is 2.23. The van der Waals surface area contributed by atoms with Gasteiger partial charge in [0.2, 0.25) is 11.8 Å². The Morgan fingerprint density at radius 2 is 1.68 bits per heavy atom. The molecule has 0 saturated carbocycles. The summed E-state index contributed by atoms with van der Waals surface area (Å²) in [4.78, 5) is 29.8. The first-order chi connectivity index (χ1) is 12.0. The molecule has 1 aliphatic rings. The predicted octanol–water partition coefficient (Wildman–Crippen LogP) is 1.73. The number of benzene rings is 1. The van der Waals surface area contributed by atoms with E-state index in [4.69, 9.17) is 16.3 Å². The first kappa shape index (κ1) is 19.5. The molecule has 6 nitrogen and oxygen atoms in total. The molecule has 7 heteroatoms. The molecule has 1 saturated heterocycles. The summed E-state index contributed by atoms with van der Waals surface area (Å²) < 4.78 is 5.60. The summed E-state index contributed by atoms with van der Waals surface area (Å²) in [5.74, 6) is 0.873. The maximum Gasteiger partial charge on any atom is 0.236 e. The van der Waals surface area contributed by atoms with Crippen LogP contribution in [0.25, 0.3) is 0 Å². The molecule has 1 aromatic rings. The minimum atomic E-state index is 0.113. The van der Waals surface area contributed by atoms with E-state index in [0.29, 0.717) is 62.9 Å². The summed E-state index contributed by atoms with van der Waals surface area (Å²) in [5, 5.41) is 0.576. The highest BCUT2D eigenvalue weighted by atomic mass is 35.5. The molecule has 0 N–H and O–H groups in total. The van der Waals surface area contributed by atoms with Crippen molar-refractivity contribution in [2.75, 3.05) is 53.4 Å². The van der Waals surface area contributed by atoms with E-state index in [-0.39, 0.29) is 11.8 Å². The molecule has 2 rings (SSSR count). The highest BCUT2D eigenvalue weighted by molar-refractivity contribution is 6.32. The van der Waals surface area contributed by atoms with Gasteiger partial charge < -0.3 is 19.4 Å². The molecule has 0 unspecified atom stereocenters. The van der Waals surface area contributed by atoms with Crippen LogP contribution in [0.5, 0.6) is 5.75 Å². The molecule has 2 amide bonds. The van der Waals surface area contributed by atoms with E-state index in [0.717, 1.165) is 0 Å². The van der Waals surface area contributed by atoms with Gasteiger partial charge in [-0.1, -0.05) is 23.7 Å². The number of carbonyl (C=O) groups is 2. The SMILES string of the molecule is CN(C)CC(=O)N1CCN(C(=O)CCCOc2ccccc2Cl)CC1. The quantitative estimate of drug-likeness (QED) is 0.689. The first-order valence-corrected chi connectivity index (χ1v) is 8.93. The molecule has 138 valence electrons. The van der Waals surface area contributed by atoms with E-state index < -0.39 is 0 Å². The summed E-state index contributed by atoms with van der Waals surface area (Å²) in [6, 6.07) is 7.30. The summed E-state index contributed by atoms with van der Waals surface area (Å²) in [5.41, 5.74) is 0. The summed E-state index contributed by atoms with van der Waals surface area (Å²) in [7, 11) is 3.75. The molecule has 0 bridgehead atoms. The van der Waals surface area contributed by atoms with Gasteiger partial charge in [0.25, 0.3) is 0 Å². The van der Waals surface area contributed by atoms with E-state index in [2.05, 4.69) is 0 Å². The zero-order valence-corrected chi connectivity index (χ0v) is 15.7. The molecule has 0 spiro atoms. The zero-order chi connectivity index (χ0) is 18.2. The van der Waals surface area contributed by atoms with Gasteiger partial charge in [-0.05, 0) is 32.6 Å². The Bertz CT molecular complexity index is 587. The fraction of sp³-hybridized carbons (Fsp3) is 0.556. The number of piperazine rings is 1. The first-order valence-electron chi connectivity index (χ1n) is 8.55. The van der Waals surface area contributed by atoms with Crippen molar-refractivity contribution >= 4 is 23.4 Å². The summed E-state index contributed by atoms with van der Waals surface area (Å²) in [6.07, 6.45) is 1.08. The number of rotatable bonds is 7. The van der Waals surface area contributed by atoms with E-state index in [1.165, 1.54) is 0 Å². The van der Waals surface area contributed by atoms with Crippen molar-refractivity contribution in [1.29, 1.82) is 0 Å². The summed E-state index contributed by atoms with van der Waals surface area (Å²) in [6.45, 7) is 3.28. The highest BCUT2D eigenvalue weighted by Crippen LogP contribution is 2.23. The largest absolute Gasteiger partial charge is 0.492 e. The van der Waals surface area contributed by atoms with Gasteiger partial charge in [0.1, 0.15) is 5.75 Å². The fourth-order valence-electron chi connectivity index (χ4n) is 2.70. The van der Waals surface area contributed by atoms with Gasteiger partial charge in [-0.3, -0.25) is 9.59 Å². The van der Waals surface area contributed by atoms with Crippen molar-refractivity contribution in [1.82, 2.24) is 14.7 Å². The number of nitrogens with zero attached hydrogens (tertiary/aromatic N) is 3. The van der Waals surface area contributed by atoms with Gasteiger partial charge in [0, 0.05) is 32.6 Å². The fourth-order valence-corrected chi connectivity index (χ4v) is 2.89. The van der Waals surface area contributed by atoms with Crippen LogP contribution >= 0.6 is 11.6 Å². The van der Waals surface area contributed by atoms with Gasteiger partial charge in [-0.25, -0.2) is 0 Å². The Morgan fingerprint density at radius 1 is 1.08 bits per heavy atom. The topological polar surface area (TPSA) is 53.1 Å². The third kappa shape index (κ3) is 6.21. The van der Waals surface area contributed by atoms with Crippen LogP contribution < -0.4 is 4.74 Å². The lowest BCUT2D eigenvalue weighted by molar-refractivity contribution is -0.140. The molecule has 0 atom stereocenters. The van der Waals surface area contributed by atoms with Crippen LogP contribution in [-0.4, -0.2) is 79.9 Å². The molecular weight excluding hydrogens is 342 g/mol. The number of likely N-dealkylation sites (N-methyl/N-ethyl adjacent to an activating group) is 1. The molecule has 1 heterocycles. The second-order valence-electron chi connectivity index (χ2n) is 6.38. The lowest BCUT2D eigenvalue weighted by atomic mass is 10.2. The van der Waals surface area contributed by atoms with Crippen LogP contribution in [0.15, 0.2) is 24.3 Å². The van der Waals surface area contributed by atoms with Crippen LogP contribution in [0.3, 0.4) is 0 Å². The standard InChI is InChI=1S/C18H26ClN3O3/c1-20(2)14-18(24)22-11-9-21(10-12-22)17(23)8-5-13-25-16-7-4-3-6-15(16)19/h3-4,6-7H,5,8-14H2,1-2H3. The molecule has 1 aromatic carbocycles. The maximum absolute atomic E-state index is 12.3. The number of halogens is 1. The minimum Gasteiger partial charge on any atom is -0.492 e. The zero-order valence-electron chi connectivity index (χ0n) is 14.9. The number of ether oxygens (including phenoxy) is 1. The Labute approximate surface area is 154 Å². The van der Waals surface area contributed by atoms with Crippen LogP contribution in [0.1, 0.15) is 12.8 Å². The van der Waals surface area contributed by atoms with Crippen molar-refractivity contribution < 1.29 is 14.3 Å². The van der Waals surface area contributed by atoms with E-state index in [9.17, 15) is 9.59 Å². The average molecular weight is 368 g/mol. The number of hydrogen-bond acceptors (Lipinski definition) is 4. The third-order valence-electron chi connectivity index (χ3n) is 4.07. The number of amides is 2. The molecule has 0 aromatic heterocycles. The molecule has 1 fully saturated rings. The summed E-state index contributed by atoms with van der Waals surface area (Å²) >= 11 is 6.02. The number of para-hydroxylation sites is 1. The van der Waals surface area contributed by atoms with Crippen molar-refractivity contribution in [3.8, 4) is 5.75 Å². The Morgan fingerprint density at radius 3 is 2.28 bits per heavy atom. The van der Waals surface area contributed by atoms with Gasteiger partial charge in [-0.2, -0.15) is 0 Å². The van der Waals surface area contributed by atoms with E-state index in [1.54, 1.807) is 6.07 Å². The normalized spacial score (nSPS) is 14.7. The van der Waals surface area contributed by atoms with Crippen molar-refractivity contribution in [2.45, 2.75) is 12.8 Å². The Hall–Kier alpha value is -1.79. The smallest absolute Gasteiger partial charge is 0.236 e. The number of carbonyl (C=O) groups excluding carboxylic acids is 2. The Kier molecular flexibility index (Phi) is 7.52. The maximum atomic E-state index is 12.3. The minimum absolute atomic E-state index is 0.113. The van der Waals surface area contributed by atoms with E-state index in [1.807, 2.05) is 47.0 Å². The molecule has 0 aliphatic carbocycles. The average Bonchev–Trinajstić information content (AvgIpc) is 2.59. The second kappa shape index (κ2) is 9.63. The van der Waals surface area contributed by atoms with Gasteiger partial charge in [0.15, 0.2) is 0 Å². The lowest BCUT2D eigenvalue weighted by Crippen LogP contribution is -2.52.